The van der Waals surface area contributed by atoms with Crippen LogP contribution in [0, 0.1) is 5.82 Å². The molecule has 0 saturated carbocycles. The van der Waals surface area contributed by atoms with Crippen molar-refractivity contribution in [2.75, 3.05) is 0 Å². The monoisotopic (exact) mass is 315 g/mol. The van der Waals surface area contributed by atoms with E-state index < -0.39 is 5.82 Å². The molecule has 6 heteroatoms. The van der Waals surface area contributed by atoms with Gasteiger partial charge in [-0.3, -0.25) is 0 Å². The van der Waals surface area contributed by atoms with Gasteiger partial charge >= 0.3 is 0 Å². The first-order chi connectivity index (χ1) is 8.97. The van der Waals surface area contributed by atoms with E-state index in [0.29, 0.717) is 22.1 Å². The molecule has 0 spiro atoms. The molecular weight excluding hydrogens is 308 g/mol. The standard InChI is InChI=1S/C13H8Cl2FNOS/c14-7-1-3-9(13(17)19)12(5-7)18-11-4-2-8(16)6-10(11)15/h1-6H,(H2,17,19). The summed E-state index contributed by atoms with van der Waals surface area (Å²) in [6, 6.07) is 8.68. The van der Waals surface area contributed by atoms with Crippen LogP contribution in [0.2, 0.25) is 10.0 Å². The van der Waals surface area contributed by atoms with Gasteiger partial charge in [-0.05, 0) is 30.3 Å². The third kappa shape index (κ3) is 3.35. The Labute approximate surface area is 124 Å². The summed E-state index contributed by atoms with van der Waals surface area (Å²) in [4.78, 5) is 0.171. The highest BCUT2D eigenvalue weighted by molar-refractivity contribution is 7.80. The van der Waals surface area contributed by atoms with Gasteiger partial charge in [-0.15, -0.1) is 0 Å². The fourth-order valence-electron chi connectivity index (χ4n) is 1.46. The lowest BCUT2D eigenvalue weighted by atomic mass is 10.2. The summed E-state index contributed by atoms with van der Waals surface area (Å²) >= 11 is 16.7. The van der Waals surface area contributed by atoms with E-state index in [2.05, 4.69) is 0 Å². The molecule has 0 bridgehead atoms. The fourth-order valence-corrected chi connectivity index (χ4v) is 2.00. The van der Waals surface area contributed by atoms with E-state index in [4.69, 9.17) is 45.9 Å². The summed E-state index contributed by atoms with van der Waals surface area (Å²) in [6.07, 6.45) is 0. The van der Waals surface area contributed by atoms with Crippen LogP contribution in [0.5, 0.6) is 11.5 Å². The fraction of sp³-hybridized carbons (Fsp3) is 0. The quantitative estimate of drug-likeness (QED) is 0.843. The van der Waals surface area contributed by atoms with E-state index in [0.717, 1.165) is 6.07 Å². The third-order valence-electron chi connectivity index (χ3n) is 2.32. The molecule has 2 nitrogen and oxygen atoms in total. The lowest BCUT2D eigenvalue weighted by molar-refractivity contribution is 0.480. The number of thiocarbonyl (C=S) groups is 1. The molecule has 0 aliphatic rings. The van der Waals surface area contributed by atoms with Crippen LogP contribution in [-0.4, -0.2) is 4.99 Å². The predicted octanol–water partition coefficient (Wildman–Crippen LogP) is 4.56. The van der Waals surface area contributed by atoms with Crippen molar-refractivity contribution < 1.29 is 9.13 Å². The van der Waals surface area contributed by atoms with E-state index in [1.165, 1.54) is 12.1 Å². The number of hydrogen-bond donors (Lipinski definition) is 1. The second kappa shape index (κ2) is 5.74. The molecule has 19 heavy (non-hydrogen) atoms. The van der Waals surface area contributed by atoms with E-state index >= 15 is 0 Å². The van der Waals surface area contributed by atoms with Crippen LogP contribution in [0.3, 0.4) is 0 Å². The van der Waals surface area contributed by atoms with Gasteiger partial charge in [-0.1, -0.05) is 35.4 Å². The highest BCUT2D eigenvalue weighted by Gasteiger charge is 2.11. The van der Waals surface area contributed by atoms with E-state index in [1.54, 1.807) is 18.2 Å². The Morgan fingerprint density at radius 3 is 2.47 bits per heavy atom. The minimum atomic E-state index is -0.446. The summed E-state index contributed by atoms with van der Waals surface area (Å²) in [5, 5.41) is 0.613. The van der Waals surface area contributed by atoms with Gasteiger partial charge in [0.2, 0.25) is 0 Å². The van der Waals surface area contributed by atoms with Crippen LogP contribution in [0.4, 0.5) is 4.39 Å². The molecule has 0 aliphatic carbocycles. The molecule has 0 amide bonds. The molecule has 0 aliphatic heterocycles. The molecule has 0 heterocycles. The second-order valence-electron chi connectivity index (χ2n) is 3.68. The molecule has 0 radical (unpaired) electrons. The Balaban J connectivity index is 2.42. The van der Waals surface area contributed by atoms with Crippen molar-refractivity contribution in [1.82, 2.24) is 0 Å². The Kier molecular flexibility index (Phi) is 4.24. The molecule has 98 valence electrons. The zero-order valence-corrected chi connectivity index (χ0v) is 11.8. The zero-order chi connectivity index (χ0) is 14.0. The van der Waals surface area contributed by atoms with Crippen LogP contribution >= 0.6 is 35.4 Å². The summed E-state index contributed by atoms with van der Waals surface area (Å²) in [5.41, 5.74) is 6.12. The number of halogens is 3. The van der Waals surface area contributed by atoms with Gasteiger partial charge in [0.25, 0.3) is 0 Å². The molecule has 2 aromatic rings. The zero-order valence-electron chi connectivity index (χ0n) is 9.49. The maximum atomic E-state index is 13.0. The molecule has 0 atom stereocenters. The minimum absolute atomic E-state index is 0.147. The first-order valence-corrected chi connectivity index (χ1v) is 6.36. The normalized spacial score (nSPS) is 10.3. The van der Waals surface area contributed by atoms with Gasteiger partial charge in [0.1, 0.15) is 22.3 Å². The number of benzene rings is 2. The summed E-state index contributed by atoms with van der Waals surface area (Å²) < 4.78 is 18.5. The van der Waals surface area contributed by atoms with E-state index in [-0.39, 0.29) is 10.0 Å². The van der Waals surface area contributed by atoms with Gasteiger partial charge in [0, 0.05) is 11.1 Å². The van der Waals surface area contributed by atoms with Crippen molar-refractivity contribution in [3.63, 3.8) is 0 Å². The van der Waals surface area contributed by atoms with Gasteiger partial charge in [0.05, 0.1) is 10.6 Å². The van der Waals surface area contributed by atoms with Gasteiger partial charge < -0.3 is 10.5 Å². The van der Waals surface area contributed by atoms with Crippen LogP contribution in [-0.2, 0) is 0 Å². The van der Waals surface area contributed by atoms with Crippen LogP contribution in [0.1, 0.15) is 5.56 Å². The Morgan fingerprint density at radius 2 is 1.84 bits per heavy atom. The summed E-state index contributed by atoms with van der Waals surface area (Å²) in [7, 11) is 0. The van der Waals surface area contributed by atoms with Crippen molar-refractivity contribution in [3.8, 4) is 11.5 Å². The molecule has 2 N–H and O–H groups in total. The third-order valence-corrected chi connectivity index (χ3v) is 3.07. The minimum Gasteiger partial charge on any atom is -0.455 e. The Morgan fingerprint density at radius 1 is 1.11 bits per heavy atom. The number of rotatable bonds is 3. The SMILES string of the molecule is NC(=S)c1ccc(Cl)cc1Oc1ccc(F)cc1Cl. The lowest BCUT2D eigenvalue weighted by Crippen LogP contribution is -2.10. The highest BCUT2D eigenvalue weighted by atomic mass is 35.5. The number of nitrogens with two attached hydrogens (primary N) is 1. The molecule has 2 aromatic carbocycles. The first-order valence-electron chi connectivity index (χ1n) is 5.19. The average Bonchev–Trinajstić information content (AvgIpc) is 2.32. The second-order valence-corrected chi connectivity index (χ2v) is 4.97. The highest BCUT2D eigenvalue weighted by Crippen LogP contribution is 2.33. The van der Waals surface area contributed by atoms with Crippen molar-refractivity contribution in [2.45, 2.75) is 0 Å². The van der Waals surface area contributed by atoms with Gasteiger partial charge in [-0.2, -0.15) is 0 Å². The number of hydrogen-bond acceptors (Lipinski definition) is 2. The summed E-state index contributed by atoms with van der Waals surface area (Å²) in [6.45, 7) is 0. The van der Waals surface area contributed by atoms with Crippen molar-refractivity contribution in [3.05, 3.63) is 57.8 Å². The smallest absolute Gasteiger partial charge is 0.146 e. The predicted molar refractivity (Wildman–Crippen MR) is 78.8 cm³/mol. The van der Waals surface area contributed by atoms with E-state index in [1.807, 2.05) is 0 Å². The molecule has 2 rings (SSSR count). The molecule has 0 unspecified atom stereocenters. The van der Waals surface area contributed by atoms with Crippen LogP contribution in [0.25, 0.3) is 0 Å². The maximum Gasteiger partial charge on any atom is 0.146 e. The molecular formula is C13H8Cl2FNOS. The van der Waals surface area contributed by atoms with Gasteiger partial charge in [0.15, 0.2) is 0 Å². The van der Waals surface area contributed by atoms with Crippen LogP contribution < -0.4 is 10.5 Å². The molecule has 0 saturated heterocycles. The largest absolute Gasteiger partial charge is 0.455 e. The van der Waals surface area contributed by atoms with Crippen molar-refractivity contribution in [2.24, 2.45) is 5.73 Å². The van der Waals surface area contributed by atoms with Gasteiger partial charge in [-0.25, -0.2) is 4.39 Å². The first kappa shape index (κ1) is 14.1. The number of ether oxygens (including phenoxy) is 1. The van der Waals surface area contributed by atoms with Crippen molar-refractivity contribution >= 4 is 40.4 Å². The molecule has 0 aromatic heterocycles. The van der Waals surface area contributed by atoms with Crippen LogP contribution in [0.15, 0.2) is 36.4 Å². The lowest BCUT2D eigenvalue weighted by Gasteiger charge is -2.11. The Bertz CT molecular complexity index is 649. The Hall–Kier alpha value is -1.36. The van der Waals surface area contributed by atoms with E-state index in [9.17, 15) is 4.39 Å². The van der Waals surface area contributed by atoms with Crippen molar-refractivity contribution in [1.29, 1.82) is 0 Å². The topological polar surface area (TPSA) is 35.2 Å². The summed E-state index contributed by atoms with van der Waals surface area (Å²) in [5.74, 6) is 0.217. The molecule has 0 fully saturated rings. The average molecular weight is 316 g/mol. The maximum absolute atomic E-state index is 13.0.